The highest BCUT2D eigenvalue weighted by Crippen LogP contribution is 2.25. The monoisotopic (exact) mass is 222 g/mol. The summed E-state index contributed by atoms with van der Waals surface area (Å²) in [6, 6.07) is 1.27. The normalized spacial score (nSPS) is 10.9. The van der Waals surface area contributed by atoms with Gasteiger partial charge in [0.25, 0.3) is 6.43 Å². The molecule has 78 valence electrons. The van der Waals surface area contributed by atoms with Crippen molar-refractivity contribution >= 4 is 17.3 Å². The van der Waals surface area contributed by atoms with E-state index >= 15 is 0 Å². The van der Waals surface area contributed by atoms with Crippen LogP contribution >= 0.6 is 11.6 Å². The van der Waals surface area contributed by atoms with E-state index in [1.807, 2.05) is 0 Å². The van der Waals surface area contributed by atoms with E-state index < -0.39 is 12.1 Å². The Kier molecular flexibility index (Phi) is 3.60. The lowest BCUT2D eigenvalue weighted by Crippen LogP contribution is -2.05. The third-order valence-electron chi connectivity index (χ3n) is 1.76. The van der Waals surface area contributed by atoms with Gasteiger partial charge >= 0.3 is 0 Å². The summed E-state index contributed by atoms with van der Waals surface area (Å²) in [5.41, 5.74) is 5.32. The number of alkyl halides is 3. The quantitative estimate of drug-likeness (QED) is 0.768. The van der Waals surface area contributed by atoms with E-state index in [9.17, 15) is 8.78 Å². The Hall–Kier alpha value is -0.940. The van der Waals surface area contributed by atoms with E-state index in [1.165, 1.54) is 6.07 Å². The molecule has 6 heteroatoms. The second-order valence-corrected chi connectivity index (χ2v) is 2.93. The van der Waals surface area contributed by atoms with Gasteiger partial charge in [-0.15, -0.1) is 11.6 Å². The SMILES string of the molecule is Nc1cc(CO)c(CCl)nc1C(F)F. The highest BCUT2D eigenvalue weighted by molar-refractivity contribution is 6.17. The van der Waals surface area contributed by atoms with Crippen molar-refractivity contribution in [3.05, 3.63) is 23.0 Å². The minimum atomic E-state index is -2.73. The molecule has 0 aliphatic carbocycles. The smallest absolute Gasteiger partial charge is 0.282 e. The molecule has 0 fully saturated rings. The molecule has 0 unspecified atom stereocenters. The lowest BCUT2D eigenvalue weighted by atomic mass is 10.1. The van der Waals surface area contributed by atoms with Gasteiger partial charge in [-0.25, -0.2) is 13.8 Å². The molecular weight excluding hydrogens is 214 g/mol. The van der Waals surface area contributed by atoms with Crippen LogP contribution in [0.1, 0.15) is 23.4 Å². The molecule has 0 aromatic carbocycles. The van der Waals surface area contributed by atoms with Crippen molar-refractivity contribution in [1.29, 1.82) is 0 Å². The van der Waals surface area contributed by atoms with Gasteiger partial charge in [-0.1, -0.05) is 0 Å². The summed E-state index contributed by atoms with van der Waals surface area (Å²) in [7, 11) is 0. The highest BCUT2D eigenvalue weighted by atomic mass is 35.5. The van der Waals surface area contributed by atoms with Gasteiger partial charge in [0.15, 0.2) is 0 Å². The molecule has 0 amide bonds. The zero-order chi connectivity index (χ0) is 10.7. The molecule has 1 aromatic rings. The van der Waals surface area contributed by atoms with Crippen LogP contribution in [0.2, 0.25) is 0 Å². The van der Waals surface area contributed by atoms with Crippen molar-refractivity contribution in [3.8, 4) is 0 Å². The lowest BCUT2D eigenvalue weighted by molar-refractivity contribution is 0.146. The molecule has 1 rings (SSSR count). The Morgan fingerprint density at radius 1 is 1.57 bits per heavy atom. The minimum absolute atomic E-state index is 0.0319. The van der Waals surface area contributed by atoms with Crippen molar-refractivity contribution in [1.82, 2.24) is 4.98 Å². The molecular formula is C8H9ClF2N2O. The minimum Gasteiger partial charge on any atom is -0.397 e. The van der Waals surface area contributed by atoms with Crippen molar-refractivity contribution in [2.45, 2.75) is 18.9 Å². The Labute approximate surface area is 84.5 Å². The topological polar surface area (TPSA) is 59.1 Å². The van der Waals surface area contributed by atoms with Gasteiger partial charge in [0, 0.05) is 5.56 Å². The Morgan fingerprint density at radius 2 is 2.21 bits per heavy atom. The molecule has 3 N–H and O–H groups in total. The first kappa shape index (κ1) is 11.1. The highest BCUT2D eigenvalue weighted by Gasteiger charge is 2.16. The Balaban J connectivity index is 3.23. The van der Waals surface area contributed by atoms with Gasteiger partial charge in [-0.3, -0.25) is 0 Å². The van der Waals surface area contributed by atoms with Crippen molar-refractivity contribution in [3.63, 3.8) is 0 Å². The first-order valence-electron chi connectivity index (χ1n) is 3.83. The molecule has 0 aliphatic rings. The predicted octanol–water partition coefficient (Wildman–Crippen LogP) is 1.83. The van der Waals surface area contributed by atoms with E-state index in [-0.39, 0.29) is 23.9 Å². The standard InChI is InChI=1S/C8H9ClF2N2O/c9-2-6-4(3-14)1-5(12)7(13-6)8(10)11/h1,8,14H,2-3,12H2. The maximum atomic E-state index is 12.3. The molecule has 0 radical (unpaired) electrons. The fraction of sp³-hybridized carbons (Fsp3) is 0.375. The van der Waals surface area contributed by atoms with E-state index in [2.05, 4.69) is 4.98 Å². The Bertz CT molecular complexity index is 333. The molecule has 0 saturated heterocycles. The number of aliphatic hydroxyl groups is 1. The first-order valence-corrected chi connectivity index (χ1v) is 4.36. The predicted molar refractivity (Wildman–Crippen MR) is 49.1 cm³/mol. The summed E-state index contributed by atoms with van der Waals surface area (Å²) in [6.45, 7) is -0.317. The van der Waals surface area contributed by atoms with Crippen LogP contribution in [0.15, 0.2) is 6.07 Å². The number of hydrogen-bond donors (Lipinski definition) is 2. The fourth-order valence-electron chi connectivity index (χ4n) is 1.05. The first-order chi connectivity index (χ1) is 6.60. The number of anilines is 1. The number of nitrogens with two attached hydrogens (primary N) is 1. The number of aromatic nitrogens is 1. The number of halogens is 3. The summed E-state index contributed by atoms with van der Waals surface area (Å²) < 4.78 is 24.7. The van der Waals surface area contributed by atoms with Crippen LogP contribution in [0.25, 0.3) is 0 Å². The molecule has 1 aromatic heterocycles. The third kappa shape index (κ3) is 2.10. The summed E-state index contributed by atoms with van der Waals surface area (Å²) in [6.07, 6.45) is -2.73. The average Bonchev–Trinajstić information content (AvgIpc) is 2.16. The summed E-state index contributed by atoms with van der Waals surface area (Å²) in [4.78, 5) is 3.59. The molecule has 14 heavy (non-hydrogen) atoms. The largest absolute Gasteiger partial charge is 0.397 e. The molecule has 3 nitrogen and oxygen atoms in total. The van der Waals surface area contributed by atoms with E-state index in [1.54, 1.807) is 0 Å². The van der Waals surface area contributed by atoms with Crippen LogP contribution in [0.5, 0.6) is 0 Å². The maximum absolute atomic E-state index is 12.3. The Morgan fingerprint density at radius 3 is 2.64 bits per heavy atom. The van der Waals surface area contributed by atoms with E-state index in [0.717, 1.165) is 0 Å². The lowest BCUT2D eigenvalue weighted by Gasteiger charge is -2.09. The molecule has 0 aliphatic heterocycles. The van der Waals surface area contributed by atoms with Crippen LogP contribution in [0, 0.1) is 0 Å². The van der Waals surface area contributed by atoms with E-state index in [4.69, 9.17) is 22.4 Å². The fourth-order valence-corrected chi connectivity index (χ4v) is 1.29. The van der Waals surface area contributed by atoms with Crippen LogP contribution in [0.3, 0.4) is 0 Å². The third-order valence-corrected chi connectivity index (χ3v) is 2.01. The zero-order valence-electron chi connectivity index (χ0n) is 7.17. The molecule has 1 heterocycles. The van der Waals surface area contributed by atoms with Crippen LogP contribution in [-0.4, -0.2) is 10.1 Å². The van der Waals surface area contributed by atoms with Gasteiger partial charge in [0.2, 0.25) is 0 Å². The van der Waals surface area contributed by atoms with Crippen LogP contribution in [0.4, 0.5) is 14.5 Å². The summed E-state index contributed by atoms with van der Waals surface area (Å²) in [5.74, 6) is -0.0319. The van der Waals surface area contributed by atoms with Crippen molar-refractivity contribution < 1.29 is 13.9 Å². The number of nitrogen functional groups attached to an aromatic ring is 1. The molecule has 0 bridgehead atoms. The maximum Gasteiger partial charge on any atom is 0.282 e. The van der Waals surface area contributed by atoms with Crippen LogP contribution < -0.4 is 5.73 Å². The number of pyridine rings is 1. The summed E-state index contributed by atoms with van der Waals surface area (Å²) in [5, 5.41) is 8.86. The molecule has 0 saturated carbocycles. The second-order valence-electron chi connectivity index (χ2n) is 2.66. The van der Waals surface area contributed by atoms with E-state index in [0.29, 0.717) is 5.56 Å². The zero-order valence-corrected chi connectivity index (χ0v) is 7.93. The van der Waals surface area contributed by atoms with Gasteiger partial charge in [-0.2, -0.15) is 0 Å². The average molecular weight is 223 g/mol. The van der Waals surface area contributed by atoms with Gasteiger partial charge in [0.05, 0.1) is 23.9 Å². The second kappa shape index (κ2) is 4.52. The van der Waals surface area contributed by atoms with Gasteiger partial charge in [0.1, 0.15) is 5.69 Å². The number of hydrogen-bond acceptors (Lipinski definition) is 3. The van der Waals surface area contributed by atoms with Gasteiger partial charge in [-0.05, 0) is 6.07 Å². The molecule has 0 spiro atoms. The summed E-state index contributed by atoms with van der Waals surface area (Å²) >= 11 is 5.48. The number of aliphatic hydroxyl groups excluding tert-OH is 1. The number of nitrogens with zero attached hydrogens (tertiary/aromatic N) is 1. The van der Waals surface area contributed by atoms with Crippen LogP contribution in [-0.2, 0) is 12.5 Å². The van der Waals surface area contributed by atoms with Gasteiger partial charge < -0.3 is 10.8 Å². The molecule has 0 atom stereocenters. The number of rotatable bonds is 3. The van der Waals surface area contributed by atoms with Crippen molar-refractivity contribution in [2.24, 2.45) is 0 Å². The van der Waals surface area contributed by atoms with Crippen molar-refractivity contribution in [2.75, 3.05) is 5.73 Å².